The Morgan fingerprint density at radius 1 is 1.00 bits per heavy atom. The van der Waals surface area contributed by atoms with Gasteiger partial charge in [0.15, 0.2) is 0 Å². The second kappa shape index (κ2) is 8.53. The van der Waals surface area contributed by atoms with E-state index in [1.807, 2.05) is 0 Å². The summed E-state index contributed by atoms with van der Waals surface area (Å²) >= 11 is 0. The summed E-state index contributed by atoms with van der Waals surface area (Å²) in [5, 5.41) is -0.350. The third-order valence-electron chi connectivity index (χ3n) is 7.01. The molecule has 0 N–H and O–H groups in total. The van der Waals surface area contributed by atoms with E-state index < -0.39 is 10.0 Å². The quantitative estimate of drug-likeness (QED) is 0.748. The maximum atomic E-state index is 12.5. The topological polar surface area (TPSA) is 53.1 Å². The van der Waals surface area contributed by atoms with Crippen molar-refractivity contribution in [1.29, 1.82) is 0 Å². The molecule has 0 aliphatic carbocycles. The van der Waals surface area contributed by atoms with Crippen LogP contribution < -0.4 is 4.90 Å². The van der Waals surface area contributed by atoms with Crippen LogP contribution in [0.3, 0.4) is 0 Å². The lowest BCUT2D eigenvalue weighted by Crippen LogP contribution is -2.57. The van der Waals surface area contributed by atoms with Gasteiger partial charge in [-0.3, -0.25) is 4.90 Å². The summed E-state index contributed by atoms with van der Waals surface area (Å²) in [6, 6.07) is 11.2. The van der Waals surface area contributed by atoms with E-state index in [-0.39, 0.29) is 10.9 Å². The lowest BCUT2D eigenvalue weighted by molar-refractivity contribution is -0.127. The van der Waals surface area contributed by atoms with Crippen LogP contribution in [0.2, 0.25) is 0 Å². The second-order valence-electron chi connectivity index (χ2n) is 9.03. The van der Waals surface area contributed by atoms with Crippen LogP contribution in [0, 0.1) is 0 Å². The van der Waals surface area contributed by atoms with Gasteiger partial charge in [-0.15, -0.1) is 0 Å². The lowest BCUT2D eigenvalue weighted by Gasteiger charge is -2.49. The minimum atomic E-state index is -3.16. The molecule has 0 unspecified atom stereocenters. The van der Waals surface area contributed by atoms with Crippen LogP contribution in [0.4, 0.5) is 5.69 Å². The highest BCUT2D eigenvalue weighted by molar-refractivity contribution is 7.89. The van der Waals surface area contributed by atoms with E-state index >= 15 is 0 Å². The highest BCUT2D eigenvalue weighted by atomic mass is 32.2. The van der Waals surface area contributed by atoms with Crippen LogP contribution in [0.1, 0.15) is 39.5 Å². The predicted octanol–water partition coefficient (Wildman–Crippen LogP) is 2.56. The van der Waals surface area contributed by atoms with E-state index in [0.717, 1.165) is 58.5 Å². The fourth-order valence-corrected chi connectivity index (χ4v) is 6.38. The molecule has 1 aromatic rings. The summed E-state index contributed by atoms with van der Waals surface area (Å²) in [6.07, 6.45) is 3.76. The van der Waals surface area contributed by atoms with Crippen LogP contribution in [-0.4, -0.2) is 80.4 Å². The van der Waals surface area contributed by atoms with Crippen molar-refractivity contribution in [3.8, 4) is 0 Å². The van der Waals surface area contributed by atoms with Gasteiger partial charge in [0, 0.05) is 57.6 Å². The van der Waals surface area contributed by atoms with Gasteiger partial charge >= 0.3 is 0 Å². The predicted molar refractivity (Wildman–Crippen MR) is 117 cm³/mol. The fourth-order valence-electron chi connectivity index (χ4n) is 5.09. The van der Waals surface area contributed by atoms with E-state index in [2.05, 4.69) is 40.1 Å². The van der Waals surface area contributed by atoms with Crippen molar-refractivity contribution in [3.05, 3.63) is 30.3 Å². The van der Waals surface area contributed by atoms with Gasteiger partial charge in [0.1, 0.15) is 0 Å². The second-order valence-corrected chi connectivity index (χ2v) is 11.5. The number of anilines is 1. The van der Waals surface area contributed by atoms with E-state index in [1.165, 1.54) is 5.69 Å². The van der Waals surface area contributed by atoms with E-state index in [0.29, 0.717) is 19.1 Å². The average molecular weight is 422 g/mol. The van der Waals surface area contributed by atoms with Crippen molar-refractivity contribution in [2.75, 3.05) is 50.8 Å². The molecule has 29 heavy (non-hydrogen) atoms. The van der Waals surface area contributed by atoms with Crippen LogP contribution >= 0.6 is 0 Å². The average Bonchev–Trinajstić information content (AvgIpc) is 2.75. The Kier molecular flexibility index (Phi) is 6.21. The Hall–Kier alpha value is -1.15. The smallest absolute Gasteiger partial charge is 0.216 e. The van der Waals surface area contributed by atoms with Crippen molar-refractivity contribution >= 4 is 15.7 Å². The van der Waals surface area contributed by atoms with Crippen LogP contribution in [0.5, 0.6) is 0 Å². The van der Waals surface area contributed by atoms with Crippen molar-refractivity contribution in [2.45, 2.75) is 56.4 Å². The molecular weight excluding hydrogens is 386 g/mol. The monoisotopic (exact) mass is 421 g/mol. The summed E-state index contributed by atoms with van der Waals surface area (Å²) in [6.45, 7) is 9.81. The number of hydrogen-bond acceptors (Lipinski definition) is 5. The van der Waals surface area contributed by atoms with Gasteiger partial charge in [-0.05, 0) is 51.7 Å². The number of piperazine rings is 1. The molecular formula is C22H35N3O3S. The maximum Gasteiger partial charge on any atom is 0.216 e. The van der Waals surface area contributed by atoms with Gasteiger partial charge in [-0.1, -0.05) is 18.2 Å². The summed E-state index contributed by atoms with van der Waals surface area (Å²) in [4.78, 5) is 5.11. The molecule has 0 amide bonds. The maximum absolute atomic E-state index is 12.5. The number of rotatable bonds is 4. The Bertz CT molecular complexity index is 768. The molecule has 3 aliphatic rings. The van der Waals surface area contributed by atoms with Gasteiger partial charge in [0.05, 0.1) is 10.9 Å². The number of para-hydroxylation sites is 1. The van der Waals surface area contributed by atoms with Crippen molar-refractivity contribution in [1.82, 2.24) is 9.21 Å². The number of ether oxygens (including phenoxy) is 1. The molecule has 0 radical (unpaired) electrons. The first-order valence-corrected chi connectivity index (χ1v) is 12.6. The summed E-state index contributed by atoms with van der Waals surface area (Å²) < 4.78 is 32.9. The van der Waals surface area contributed by atoms with E-state index in [9.17, 15) is 8.42 Å². The van der Waals surface area contributed by atoms with Crippen molar-refractivity contribution in [3.63, 3.8) is 0 Å². The van der Waals surface area contributed by atoms with Crippen LogP contribution in [-0.2, 0) is 14.8 Å². The summed E-state index contributed by atoms with van der Waals surface area (Å²) in [5.74, 6) is 0. The Morgan fingerprint density at radius 2 is 1.66 bits per heavy atom. The fraction of sp³-hybridized carbons (Fsp3) is 0.727. The molecule has 162 valence electrons. The number of nitrogens with zero attached hydrogens (tertiary/aromatic N) is 3. The summed E-state index contributed by atoms with van der Waals surface area (Å²) in [5.41, 5.74) is 1.18. The molecule has 3 saturated heterocycles. The molecule has 1 spiro atoms. The minimum Gasteiger partial charge on any atom is -0.375 e. The molecule has 4 rings (SSSR count). The first-order chi connectivity index (χ1) is 13.9. The normalized spacial score (nSPS) is 26.9. The van der Waals surface area contributed by atoms with Gasteiger partial charge in [0.2, 0.25) is 10.0 Å². The first-order valence-electron chi connectivity index (χ1n) is 11.1. The molecule has 7 heteroatoms. The zero-order valence-corrected chi connectivity index (χ0v) is 18.6. The highest BCUT2D eigenvalue weighted by Crippen LogP contribution is 2.38. The van der Waals surface area contributed by atoms with Crippen molar-refractivity contribution in [2.24, 2.45) is 0 Å². The largest absolute Gasteiger partial charge is 0.375 e. The van der Waals surface area contributed by atoms with Crippen LogP contribution in [0.15, 0.2) is 30.3 Å². The first kappa shape index (κ1) is 21.1. The van der Waals surface area contributed by atoms with Gasteiger partial charge in [-0.2, -0.15) is 0 Å². The van der Waals surface area contributed by atoms with Gasteiger partial charge < -0.3 is 9.64 Å². The Labute approximate surface area is 175 Å². The molecule has 0 bridgehead atoms. The Balaban J connectivity index is 1.33. The molecule has 6 nitrogen and oxygen atoms in total. The third-order valence-corrected chi connectivity index (χ3v) is 9.28. The van der Waals surface area contributed by atoms with Crippen molar-refractivity contribution < 1.29 is 13.2 Å². The molecule has 0 aromatic heterocycles. The zero-order valence-electron chi connectivity index (χ0n) is 17.8. The van der Waals surface area contributed by atoms with E-state index in [4.69, 9.17) is 4.74 Å². The van der Waals surface area contributed by atoms with E-state index in [1.54, 1.807) is 18.2 Å². The SMILES string of the molecule is CC(C)S(=O)(=O)N1CCC2(CC1)C[C@@H](N1CCN(c3ccccc3)CC1)CCO2. The molecule has 3 heterocycles. The molecule has 1 atom stereocenters. The third kappa shape index (κ3) is 4.48. The lowest BCUT2D eigenvalue weighted by atomic mass is 9.82. The number of benzene rings is 1. The number of piperidine rings is 1. The number of hydrogen-bond donors (Lipinski definition) is 0. The molecule has 0 saturated carbocycles. The van der Waals surface area contributed by atoms with Crippen LogP contribution in [0.25, 0.3) is 0 Å². The summed E-state index contributed by atoms with van der Waals surface area (Å²) in [7, 11) is -3.16. The molecule has 1 aromatic carbocycles. The zero-order chi connectivity index (χ0) is 20.5. The highest BCUT2D eigenvalue weighted by Gasteiger charge is 2.44. The van der Waals surface area contributed by atoms with Gasteiger partial charge in [-0.25, -0.2) is 12.7 Å². The standard InChI is InChI=1S/C22H35N3O3S/c1-19(2)29(26,27)25-11-9-22(10-12-25)18-21(8-17-28-22)24-15-13-23(14-16-24)20-6-4-3-5-7-20/h3-7,19,21H,8-18H2,1-2H3/t21-/m0/s1. The van der Waals surface area contributed by atoms with Gasteiger partial charge in [0.25, 0.3) is 0 Å². The Morgan fingerprint density at radius 3 is 2.28 bits per heavy atom. The molecule has 3 aliphatic heterocycles. The molecule has 3 fully saturated rings. The minimum absolute atomic E-state index is 0.136. The number of sulfonamides is 1.